The van der Waals surface area contributed by atoms with E-state index in [4.69, 9.17) is 0 Å². The molecule has 1 heterocycles. The summed E-state index contributed by atoms with van der Waals surface area (Å²) in [6.45, 7) is 3.92. The van der Waals surface area contributed by atoms with Crippen LogP contribution in [0, 0.1) is 0 Å². The highest BCUT2D eigenvalue weighted by atomic mass is 14.9. The molecule has 1 unspecified atom stereocenters. The van der Waals surface area contributed by atoms with Crippen molar-refractivity contribution in [1.82, 2.24) is 9.97 Å². The van der Waals surface area contributed by atoms with Crippen molar-refractivity contribution in [2.24, 2.45) is 0 Å². The van der Waals surface area contributed by atoms with E-state index in [2.05, 4.69) is 28.7 Å². The molecular weight excluding hydrogens is 220 g/mol. The van der Waals surface area contributed by atoms with E-state index in [1.165, 1.54) is 5.56 Å². The monoisotopic (exact) mass is 234 g/mol. The van der Waals surface area contributed by atoms with Crippen molar-refractivity contribution in [1.29, 1.82) is 0 Å². The van der Waals surface area contributed by atoms with Gasteiger partial charge in [0.05, 0.1) is 17.0 Å². The molecule has 1 aromatic heterocycles. The van der Waals surface area contributed by atoms with E-state index >= 15 is 0 Å². The number of nitrogens with zero attached hydrogens (tertiary/aromatic N) is 1. The maximum atomic E-state index is 4.63. The third-order valence-corrected chi connectivity index (χ3v) is 3.10. The number of imidazole rings is 1. The van der Waals surface area contributed by atoms with Crippen LogP contribution in [0.15, 0.2) is 67.3 Å². The number of aromatic nitrogens is 2. The van der Waals surface area contributed by atoms with Crippen LogP contribution in [0.1, 0.15) is 17.3 Å². The van der Waals surface area contributed by atoms with Crippen LogP contribution in [0.25, 0.3) is 11.0 Å². The van der Waals surface area contributed by atoms with Gasteiger partial charge in [-0.3, -0.25) is 0 Å². The molecule has 0 spiro atoms. The first-order valence-electron chi connectivity index (χ1n) is 6.00. The summed E-state index contributed by atoms with van der Waals surface area (Å²) in [6.07, 6.45) is 1.92. The molecule has 0 aliphatic heterocycles. The lowest BCUT2D eigenvalue weighted by molar-refractivity contribution is 0.926. The minimum Gasteiger partial charge on any atom is -0.341 e. The van der Waals surface area contributed by atoms with Gasteiger partial charge in [-0.1, -0.05) is 48.5 Å². The molecule has 1 atom stereocenters. The summed E-state index contributed by atoms with van der Waals surface area (Å²) in [7, 11) is 0. The van der Waals surface area contributed by atoms with Gasteiger partial charge in [-0.05, 0) is 17.7 Å². The molecule has 18 heavy (non-hydrogen) atoms. The molecule has 1 N–H and O–H groups in total. The number of allylic oxidation sites excluding steroid dienone is 1. The molecular formula is C16H14N2. The zero-order chi connectivity index (χ0) is 12.4. The molecule has 0 radical (unpaired) electrons. The van der Waals surface area contributed by atoms with Crippen molar-refractivity contribution in [3.8, 4) is 0 Å². The Morgan fingerprint density at radius 1 is 1.00 bits per heavy atom. The van der Waals surface area contributed by atoms with Gasteiger partial charge in [0.15, 0.2) is 0 Å². The number of aromatic amines is 1. The Balaban J connectivity index is 2.09. The number of hydrogen-bond donors (Lipinski definition) is 1. The summed E-state index contributed by atoms with van der Waals surface area (Å²) in [6, 6.07) is 18.3. The molecule has 2 aromatic carbocycles. The zero-order valence-corrected chi connectivity index (χ0v) is 10.0. The summed E-state index contributed by atoms with van der Waals surface area (Å²) in [5.41, 5.74) is 3.26. The molecule has 0 amide bonds. The number of nitrogens with one attached hydrogen (secondary N) is 1. The number of benzene rings is 2. The lowest BCUT2D eigenvalue weighted by atomic mass is 9.99. The van der Waals surface area contributed by atoms with Crippen molar-refractivity contribution in [3.05, 3.63) is 78.6 Å². The quantitative estimate of drug-likeness (QED) is 0.684. The summed E-state index contributed by atoms with van der Waals surface area (Å²) in [5.74, 6) is 1.05. The van der Waals surface area contributed by atoms with Gasteiger partial charge in [-0.25, -0.2) is 4.98 Å². The minimum absolute atomic E-state index is 0.110. The lowest BCUT2D eigenvalue weighted by Gasteiger charge is -2.09. The number of H-pyrrole nitrogens is 1. The average molecular weight is 234 g/mol. The number of hydrogen-bond acceptors (Lipinski definition) is 1. The van der Waals surface area contributed by atoms with Gasteiger partial charge in [0, 0.05) is 0 Å². The molecule has 0 aliphatic rings. The first kappa shape index (κ1) is 10.8. The summed E-state index contributed by atoms with van der Waals surface area (Å²) >= 11 is 0. The van der Waals surface area contributed by atoms with Gasteiger partial charge in [0.25, 0.3) is 0 Å². The van der Waals surface area contributed by atoms with E-state index < -0.39 is 0 Å². The molecule has 3 rings (SSSR count). The van der Waals surface area contributed by atoms with E-state index in [9.17, 15) is 0 Å². The Hall–Kier alpha value is -2.35. The topological polar surface area (TPSA) is 28.7 Å². The second kappa shape index (κ2) is 4.49. The summed E-state index contributed by atoms with van der Waals surface area (Å²) in [5, 5.41) is 0. The molecule has 88 valence electrons. The van der Waals surface area contributed by atoms with Gasteiger partial charge < -0.3 is 4.98 Å². The average Bonchev–Trinajstić information content (AvgIpc) is 2.84. The minimum atomic E-state index is 0.110. The smallest absolute Gasteiger partial charge is 0.118 e. The van der Waals surface area contributed by atoms with Crippen LogP contribution in [0.5, 0.6) is 0 Å². The lowest BCUT2D eigenvalue weighted by Crippen LogP contribution is -1.99. The Morgan fingerprint density at radius 2 is 1.72 bits per heavy atom. The number of fused-ring (bicyclic) bond motifs is 1. The second-order valence-corrected chi connectivity index (χ2v) is 4.26. The van der Waals surface area contributed by atoms with Crippen LogP contribution in [-0.2, 0) is 0 Å². The standard InChI is InChI=1S/C16H14N2/c1-2-13(12-8-4-3-5-9-12)16-17-14-10-6-7-11-15(14)18-16/h2-11,13H,1H2,(H,17,18). The van der Waals surface area contributed by atoms with E-state index in [0.717, 1.165) is 16.9 Å². The SMILES string of the molecule is C=CC(c1ccccc1)c1nc2ccccc2[nH]1. The fourth-order valence-corrected chi connectivity index (χ4v) is 2.19. The largest absolute Gasteiger partial charge is 0.341 e. The van der Waals surface area contributed by atoms with Crippen molar-refractivity contribution < 1.29 is 0 Å². The highest BCUT2D eigenvalue weighted by Gasteiger charge is 2.13. The third-order valence-electron chi connectivity index (χ3n) is 3.10. The van der Waals surface area contributed by atoms with Crippen LogP contribution in [0.3, 0.4) is 0 Å². The maximum Gasteiger partial charge on any atom is 0.118 e. The highest BCUT2D eigenvalue weighted by Crippen LogP contribution is 2.25. The van der Waals surface area contributed by atoms with Crippen LogP contribution in [0.2, 0.25) is 0 Å². The van der Waals surface area contributed by atoms with E-state index in [1.54, 1.807) is 0 Å². The van der Waals surface area contributed by atoms with E-state index in [0.29, 0.717) is 0 Å². The van der Waals surface area contributed by atoms with Crippen molar-refractivity contribution in [3.63, 3.8) is 0 Å². The van der Waals surface area contributed by atoms with Crippen LogP contribution < -0.4 is 0 Å². The van der Waals surface area contributed by atoms with Gasteiger partial charge in [-0.15, -0.1) is 6.58 Å². The van der Waals surface area contributed by atoms with Crippen LogP contribution >= 0.6 is 0 Å². The van der Waals surface area contributed by atoms with Gasteiger partial charge in [0.2, 0.25) is 0 Å². The van der Waals surface area contributed by atoms with Gasteiger partial charge in [-0.2, -0.15) is 0 Å². The fraction of sp³-hybridized carbons (Fsp3) is 0.0625. The van der Waals surface area contributed by atoms with Gasteiger partial charge >= 0.3 is 0 Å². The molecule has 0 aliphatic carbocycles. The van der Waals surface area contributed by atoms with Crippen molar-refractivity contribution in [2.75, 3.05) is 0 Å². The normalized spacial score (nSPS) is 12.4. The Kier molecular flexibility index (Phi) is 2.69. The first-order valence-corrected chi connectivity index (χ1v) is 6.00. The predicted molar refractivity (Wildman–Crippen MR) is 74.6 cm³/mol. The third kappa shape index (κ3) is 1.82. The number of para-hydroxylation sites is 2. The van der Waals surface area contributed by atoms with Crippen molar-refractivity contribution >= 4 is 11.0 Å². The first-order chi connectivity index (χ1) is 8.88. The molecule has 0 saturated carbocycles. The zero-order valence-electron chi connectivity index (χ0n) is 10.0. The molecule has 0 fully saturated rings. The summed E-state index contributed by atoms with van der Waals surface area (Å²) in [4.78, 5) is 8.00. The van der Waals surface area contributed by atoms with Crippen LogP contribution in [-0.4, -0.2) is 9.97 Å². The van der Waals surface area contributed by atoms with Gasteiger partial charge in [0.1, 0.15) is 5.82 Å². The predicted octanol–water partition coefficient (Wildman–Crippen LogP) is 3.88. The molecule has 3 aromatic rings. The summed E-state index contributed by atoms with van der Waals surface area (Å²) < 4.78 is 0. The Labute approximate surface area is 106 Å². The molecule has 2 nitrogen and oxygen atoms in total. The van der Waals surface area contributed by atoms with E-state index in [-0.39, 0.29) is 5.92 Å². The maximum absolute atomic E-state index is 4.63. The van der Waals surface area contributed by atoms with E-state index in [1.807, 2.05) is 48.5 Å². The Morgan fingerprint density at radius 3 is 2.44 bits per heavy atom. The molecule has 2 heteroatoms. The molecule has 0 saturated heterocycles. The molecule has 0 bridgehead atoms. The second-order valence-electron chi connectivity index (χ2n) is 4.26. The highest BCUT2D eigenvalue weighted by molar-refractivity contribution is 5.75. The Bertz CT molecular complexity index is 635. The van der Waals surface area contributed by atoms with Crippen LogP contribution in [0.4, 0.5) is 0 Å². The van der Waals surface area contributed by atoms with Crippen molar-refractivity contribution in [2.45, 2.75) is 5.92 Å². The fourth-order valence-electron chi connectivity index (χ4n) is 2.19. The number of rotatable bonds is 3.